The molecule has 2 aromatic rings. The van der Waals surface area contributed by atoms with Gasteiger partial charge in [-0.2, -0.15) is 0 Å². The first-order valence-electron chi connectivity index (χ1n) is 7.70. The molecule has 2 aromatic carbocycles. The zero-order valence-corrected chi connectivity index (χ0v) is 20.1. The molecule has 6 nitrogen and oxygen atoms in total. The Morgan fingerprint density at radius 3 is 2.50 bits per heavy atom. The van der Waals surface area contributed by atoms with Crippen molar-refractivity contribution >= 4 is 95.0 Å². The lowest BCUT2D eigenvalue weighted by atomic mass is 10.2. The lowest BCUT2D eigenvalue weighted by Gasteiger charge is -2.09. The summed E-state index contributed by atoms with van der Waals surface area (Å²) in [5, 5.41) is 12.0. The van der Waals surface area contributed by atoms with Gasteiger partial charge in [0.05, 0.1) is 19.5 Å². The number of aliphatic imine (C=N–C) groups is 1. The van der Waals surface area contributed by atoms with Crippen LogP contribution in [-0.2, 0) is 9.59 Å². The number of carbonyl (C=O) groups is 2. The van der Waals surface area contributed by atoms with Crippen molar-refractivity contribution < 1.29 is 19.4 Å². The Morgan fingerprint density at radius 1 is 1.25 bits per heavy atom. The molecule has 1 heterocycles. The largest absolute Gasteiger partial charge is 0.480 e. The zero-order valence-electron chi connectivity index (χ0n) is 13.9. The van der Waals surface area contributed by atoms with Gasteiger partial charge in [-0.25, -0.2) is 9.79 Å². The van der Waals surface area contributed by atoms with E-state index in [0.717, 1.165) is 14.8 Å². The summed E-state index contributed by atoms with van der Waals surface area (Å²) in [5.41, 5.74) is 1.50. The van der Waals surface area contributed by atoms with Crippen molar-refractivity contribution in [1.29, 1.82) is 0 Å². The van der Waals surface area contributed by atoms with E-state index in [1.54, 1.807) is 18.2 Å². The third kappa shape index (κ3) is 5.58. The smallest absolute Gasteiger partial charge is 0.341 e. The van der Waals surface area contributed by atoms with Gasteiger partial charge < -0.3 is 15.2 Å². The number of hydrogen-bond acceptors (Lipinski definition) is 5. The molecule has 28 heavy (non-hydrogen) atoms. The van der Waals surface area contributed by atoms with Gasteiger partial charge >= 0.3 is 5.97 Å². The van der Waals surface area contributed by atoms with Crippen molar-refractivity contribution in [1.82, 2.24) is 5.32 Å². The van der Waals surface area contributed by atoms with Gasteiger partial charge in [0.1, 0.15) is 5.75 Å². The van der Waals surface area contributed by atoms with Crippen LogP contribution in [0.5, 0.6) is 5.75 Å². The van der Waals surface area contributed by atoms with Crippen LogP contribution in [0.4, 0.5) is 5.69 Å². The van der Waals surface area contributed by atoms with Crippen LogP contribution in [0.3, 0.4) is 0 Å². The lowest BCUT2D eigenvalue weighted by Crippen LogP contribution is -2.19. The molecule has 1 aliphatic heterocycles. The van der Waals surface area contributed by atoms with Crippen LogP contribution in [0.1, 0.15) is 5.56 Å². The topological polar surface area (TPSA) is 88.0 Å². The number of halogens is 3. The average Bonchev–Trinajstić information content (AvgIpc) is 2.95. The number of hydrogen-bond donors (Lipinski definition) is 2. The molecule has 0 aromatic heterocycles. The number of rotatable bonds is 5. The first-order valence-corrected chi connectivity index (χ1v) is 11.2. The van der Waals surface area contributed by atoms with Gasteiger partial charge in [-0.05, 0) is 114 Å². The fraction of sp³-hybridized carbons (Fsp3) is 0.0556. The van der Waals surface area contributed by atoms with E-state index in [9.17, 15) is 9.59 Å². The highest BCUT2D eigenvalue weighted by atomic mass is 127. The van der Waals surface area contributed by atoms with Crippen molar-refractivity contribution in [2.45, 2.75) is 0 Å². The van der Waals surface area contributed by atoms with Crippen LogP contribution in [0, 0.1) is 3.57 Å². The number of nitrogens with zero attached hydrogens (tertiary/aromatic N) is 1. The fourth-order valence-electron chi connectivity index (χ4n) is 2.20. The highest BCUT2D eigenvalue weighted by Crippen LogP contribution is 2.36. The predicted molar refractivity (Wildman–Crippen MR) is 125 cm³/mol. The van der Waals surface area contributed by atoms with Crippen LogP contribution < -0.4 is 10.1 Å². The normalized spacial score (nSPS) is 16.5. The Bertz CT molecular complexity index is 986. The molecule has 0 aliphatic carbocycles. The minimum absolute atomic E-state index is 0.229. The monoisotopic (exact) mass is 636 g/mol. The molecule has 144 valence electrons. The maximum Gasteiger partial charge on any atom is 0.341 e. The van der Waals surface area contributed by atoms with Crippen molar-refractivity contribution in [3.05, 3.63) is 59.4 Å². The summed E-state index contributed by atoms with van der Waals surface area (Å²) in [5.74, 6) is -0.911. The summed E-state index contributed by atoms with van der Waals surface area (Å²) in [4.78, 5) is 27.9. The van der Waals surface area contributed by atoms with Crippen LogP contribution >= 0.6 is 66.2 Å². The second kappa shape index (κ2) is 9.42. The molecule has 1 amide bonds. The van der Waals surface area contributed by atoms with Crippen LogP contribution in [0.25, 0.3) is 6.08 Å². The minimum atomic E-state index is -1.07. The van der Waals surface area contributed by atoms with Crippen LogP contribution in [-0.4, -0.2) is 28.8 Å². The number of benzene rings is 2. The van der Waals surface area contributed by atoms with Crippen LogP contribution in [0.15, 0.2) is 55.2 Å². The Labute approximate surface area is 195 Å². The number of carboxylic acid groups (broad SMARTS) is 1. The lowest BCUT2D eigenvalue weighted by molar-refractivity contribution is -0.139. The summed E-state index contributed by atoms with van der Waals surface area (Å²) in [6.07, 6.45) is 1.73. The first kappa shape index (κ1) is 21.3. The Balaban J connectivity index is 1.80. The van der Waals surface area contributed by atoms with E-state index < -0.39 is 12.6 Å². The Kier molecular flexibility index (Phi) is 7.18. The molecule has 0 unspecified atom stereocenters. The highest BCUT2D eigenvalue weighted by molar-refractivity contribution is 14.1. The summed E-state index contributed by atoms with van der Waals surface area (Å²) >= 11 is 10.2. The molecule has 0 saturated carbocycles. The van der Waals surface area contributed by atoms with E-state index in [0.29, 0.717) is 24.8 Å². The maximum absolute atomic E-state index is 12.3. The van der Waals surface area contributed by atoms with E-state index in [-0.39, 0.29) is 5.91 Å². The third-order valence-electron chi connectivity index (χ3n) is 3.37. The molecular weight excluding hydrogens is 627 g/mol. The molecule has 1 saturated heterocycles. The van der Waals surface area contributed by atoms with Crippen molar-refractivity contribution in [2.75, 3.05) is 6.61 Å². The summed E-state index contributed by atoms with van der Waals surface area (Å²) < 4.78 is 7.51. The molecule has 0 bridgehead atoms. The van der Waals surface area contributed by atoms with E-state index in [2.05, 4.69) is 64.8 Å². The minimum Gasteiger partial charge on any atom is -0.480 e. The van der Waals surface area contributed by atoms with Crippen LogP contribution in [0.2, 0.25) is 0 Å². The van der Waals surface area contributed by atoms with Gasteiger partial charge in [-0.1, -0.05) is 0 Å². The molecule has 0 spiro atoms. The maximum atomic E-state index is 12.3. The number of aliphatic carboxylic acids is 1. The van der Waals surface area contributed by atoms with Gasteiger partial charge in [0, 0.05) is 3.57 Å². The highest BCUT2D eigenvalue weighted by Gasteiger charge is 2.24. The molecule has 0 radical (unpaired) electrons. The second-order valence-corrected chi connectivity index (χ2v) is 9.44. The third-order valence-corrected chi connectivity index (χ3v) is 6.17. The molecule has 1 fully saturated rings. The molecular formula is C18H11Br2IN2O4S. The Hall–Kier alpha value is -1.37. The van der Waals surface area contributed by atoms with Gasteiger partial charge in [0.15, 0.2) is 11.8 Å². The number of amides is 1. The van der Waals surface area contributed by atoms with E-state index in [1.807, 2.05) is 24.3 Å². The quantitative estimate of drug-likeness (QED) is 0.349. The molecule has 2 N–H and O–H groups in total. The SMILES string of the molecule is O=C(O)COc1c(Br)cc(/C=C2/SC(=Nc3ccc(I)cc3)NC2=O)cc1Br. The number of carboxylic acids is 1. The number of amidine groups is 1. The van der Waals surface area contributed by atoms with Gasteiger partial charge in [0.2, 0.25) is 0 Å². The second-order valence-electron chi connectivity index (χ2n) is 5.45. The molecule has 3 rings (SSSR count). The number of thioether (sulfide) groups is 1. The van der Waals surface area contributed by atoms with Crippen molar-refractivity contribution in [3.63, 3.8) is 0 Å². The number of ether oxygens (including phenoxy) is 1. The van der Waals surface area contributed by atoms with E-state index in [1.165, 1.54) is 11.8 Å². The fourth-order valence-corrected chi connectivity index (χ4v) is 4.85. The molecule has 1 aliphatic rings. The first-order chi connectivity index (χ1) is 13.3. The summed E-state index contributed by atoms with van der Waals surface area (Å²) in [6, 6.07) is 11.1. The van der Waals surface area contributed by atoms with Gasteiger partial charge in [-0.3, -0.25) is 4.79 Å². The average molecular weight is 638 g/mol. The summed E-state index contributed by atoms with van der Waals surface area (Å²) in [6.45, 7) is -0.450. The van der Waals surface area contributed by atoms with Gasteiger partial charge in [0.25, 0.3) is 5.91 Å². The van der Waals surface area contributed by atoms with E-state index >= 15 is 0 Å². The molecule has 10 heteroatoms. The predicted octanol–water partition coefficient (Wildman–Crippen LogP) is 5.17. The van der Waals surface area contributed by atoms with E-state index in [4.69, 9.17) is 9.84 Å². The van der Waals surface area contributed by atoms with Crippen molar-refractivity contribution in [2.24, 2.45) is 4.99 Å². The summed E-state index contributed by atoms with van der Waals surface area (Å²) in [7, 11) is 0. The number of nitrogens with one attached hydrogen (secondary N) is 1. The molecule has 0 atom stereocenters. The van der Waals surface area contributed by atoms with Gasteiger partial charge in [-0.15, -0.1) is 0 Å². The zero-order chi connectivity index (χ0) is 20.3. The Morgan fingerprint density at radius 2 is 1.89 bits per heavy atom. The van der Waals surface area contributed by atoms with Crippen molar-refractivity contribution in [3.8, 4) is 5.75 Å². The standard InChI is InChI=1S/C18H11Br2IN2O4S/c19-12-5-9(6-13(20)16(12)27-8-15(24)25)7-14-17(26)23-18(28-14)22-11-3-1-10(21)2-4-11/h1-7H,8H2,(H,24,25)(H,22,23,26)/b14-7+. The number of carbonyl (C=O) groups excluding carboxylic acids is 1.